The van der Waals surface area contributed by atoms with Crippen molar-refractivity contribution in [2.24, 2.45) is 5.73 Å². The van der Waals surface area contributed by atoms with Crippen molar-refractivity contribution < 1.29 is 4.74 Å². The molecule has 2 N–H and O–H groups in total. The van der Waals surface area contributed by atoms with E-state index in [2.05, 4.69) is 51.5 Å². The summed E-state index contributed by atoms with van der Waals surface area (Å²) in [5.41, 5.74) is 7.22. The van der Waals surface area contributed by atoms with Crippen LogP contribution in [0.2, 0.25) is 0 Å². The highest BCUT2D eigenvalue weighted by atomic mass is 127. The van der Waals surface area contributed by atoms with E-state index < -0.39 is 0 Å². The molecule has 1 unspecified atom stereocenters. The molecule has 4 heteroatoms. The fraction of sp³-hybridized carbons (Fsp3) is 0.250. The topological polar surface area (TPSA) is 35.2 Å². The molecule has 20 heavy (non-hydrogen) atoms. The van der Waals surface area contributed by atoms with E-state index in [0.717, 1.165) is 32.4 Å². The smallest absolute Gasteiger partial charge is 0.128 e. The lowest BCUT2D eigenvalue weighted by Crippen LogP contribution is -2.21. The highest BCUT2D eigenvalue weighted by Gasteiger charge is 2.07. The third kappa shape index (κ3) is 4.46. The summed E-state index contributed by atoms with van der Waals surface area (Å²) in [6, 6.07) is 14.3. The molecule has 0 fully saturated rings. The molecular weight excluding hydrogens is 429 g/mol. The molecule has 0 radical (unpaired) electrons. The normalized spacial score (nSPS) is 12.2. The molecule has 0 aliphatic heterocycles. The van der Waals surface area contributed by atoms with Gasteiger partial charge in [-0.05, 0) is 71.3 Å². The third-order valence-corrected chi connectivity index (χ3v) is 4.47. The monoisotopic (exact) mass is 445 g/mol. The Morgan fingerprint density at radius 3 is 2.60 bits per heavy atom. The van der Waals surface area contributed by atoms with Gasteiger partial charge in [0, 0.05) is 14.1 Å². The second-order valence-electron chi connectivity index (χ2n) is 4.69. The fourth-order valence-electron chi connectivity index (χ4n) is 1.85. The second kappa shape index (κ2) is 7.43. The largest absolute Gasteiger partial charge is 0.457 e. The van der Waals surface area contributed by atoms with Crippen LogP contribution in [-0.4, -0.2) is 6.04 Å². The van der Waals surface area contributed by atoms with Gasteiger partial charge in [0.2, 0.25) is 0 Å². The third-order valence-electron chi connectivity index (χ3n) is 3.06. The standard InChI is InChI=1S/C16H17BrINO/c1-2-13(19)8-11-6-7-15(10-16(11)17)20-14-5-3-4-12(18)9-14/h3-7,9-10,13H,2,8,19H2,1H3. The van der Waals surface area contributed by atoms with Gasteiger partial charge in [-0.1, -0.05) is 35.0 Å². The maximum Gasteiger partial charge on any atom is 0.128 e. The van der Waals surface area contributed by atoms with Crippen LogP contribution in [0.5, 0.6) is 11.5 Å². The summed E-state index contributed by atoms with van der Waals surface area (Å²) in [4.78, 5) is 0. The van der Waals surface area contributed by atoms with Crippen LogP contribution in [-0.2, 0) is 6.42 Å². The molecule has 0 spiro atoms. The van der Waals surface area contributed by atoms with Crippen LogP contribution in [0.3, 0.4) is 0 Å². The first-order valence-corrected chi connectivity index (χ1v) is 8.43. The minimum absolute atomic E-state index is 0.203. The highest BCUT2D eigenvalue weighted by molar-refractivity contribution is 14.1. The Kier molecular flexibility index (Phi) is 5.86. The van der Waals surface area contributed by atoms with Crippen molar-refractivity contribution in [3.05, 3.63) is 56.1 Å². The van der Waals surface area contributed by atoms with Gasteiger partial charge in [0.05, 0.1) is 0 Å². The molecule has 0 amide bonds. The molecule has 0 aliphatic rings. The molecule has 0 bridgehead atoms. The Morgan fingerprint density at radius 1 is 1.20 bits per heavy atom. The van der Waals surface area contributed by atoms with Gasteiger partial charge in [-0.25, -0.2) is 0 Å². The number of rotatable bonds is 5. The zero-order chi connectivity index (χ0) is 14.5. The molecule has 2 aromatic carbocycles. The number of ether oxygens (including phenoxy) is 1. The quantitative estimate of drug-likeness (QED) is 0.647. The molecule has 0 aromatic heterocycles. The van der Waals surface area contributed by atoms with Crippen molar-refractivity contribution in [3.63, 3.8) is 0 Å². The maximum atomic E-state index is 6.00. The number of nitrogens with two attached hydrogens (primary N) is 1. The van der Waals surface area contributed by atoms with Crippen LogP contribution in [0.15, 0.2) is 46.9 Å². The van der Waals surface area contributed by atoms with E-state index in [1.165, 1.54) is 5.56 Å². The molecular formula is C16H17BrINO. The van der Waals surface area contributed by atoms with Crippen molar-refractivity contribution in [2.45, 2.75) is 25.8 Å². The van der Waals surface area contributed by atoms with Crippen LogP contribution < -0.4 is 10.5 Å². The number of halogens is 2. The predicted octanol–water partition coefficient (Wildman–Crippen LogP) is 5.13. The van der Waals surface area contributed by atoms with E-state index in [1.807, 2.05) is 36.4 Å². The summed E-state index contributed by atoms with van der Waals surface area (Å²) >= 11 is 5.87. The van der Waals surface area contributed by atoms with Crippen molar-refractivity contribution in [2.75, 3.05) is 0 Å². The van der Waals surface area contributed by atoms with Crippen LogP contribution >= 0.6 is 38.5 Å². The maximum absolute atomic E-state index is 6.00. The van der Waals surface area contributed by atoms with Gasteiger partial charge >= 0.3 is 0 Å². The lowest BCUT2D eigenvalue weighted by atomic mass is 10.0. The van der Waals surface area contributed by atoms with Crippen molar-refractivity contribution >= 4 is 38.5 Å². The van der Waals surface area contributed by atoms with Gasteiger partial charge in [0.25, 0.3) is 0 Å². The number of hydrogen-bond donors (Lipinski definition) is 1. The molecule has 0 aliphatic carbocycles. The zero-order valence-corrected chi connectivity index (χ0v) is 15.0. The molecule has 2 aromatic rings. The lowest BCUT2D eigenvalue weighted by molar-refractivity contribution is 0.481. The minimum Gasteiger partial charge on any atom is -0.457 e. The van der Waals surface area contributed by atoms with Crippen LogP contribution in [0.1, 0.15) is 18.9 Å². The van der Waals surface area contributed by atoms with E-state index in [0.29, 0.717) is 0 Å². The molecule has 106 valence electrons. The Labute approximate surface area is 142 Å². The summed E-state index contributed by atoms with van der Waals surface area (Å²) in [5.74, 6) is 1.68. The molecule has 0 heterocycles. The summed E-state index contributed by atoms with van der Waals surface area (Å²) < 4.78 is 8.06. The Bertz CT molecular complexity index is 588. The van der Waals surface area contributed by atoms with Gasteiger partial charge in [-0.3, -0.25) is 0 Å². The van der Waals surface area contributed by atoms with Crippen molar-refractivity contribution in [3.8, 4) is 11.5 Å². The van der Waals surface area contributed by atoms with Gasteiger partial charge < -0.3 is 10.5 Å². The Balaban J connectivity index is 2.13. The van der Waals surface area contributed by atoms with Gasteiger partial charge in [-0.2, -0.15) is 0 Å². The Hall–Kier alpha value is -0.590. The zero-order valence-electron chi connectivity index (χ0n) is 11.3. The Morgan fingerprint density at radius 2 is 1.95 bits per heavy atom. The van der Waals surface area contributed by atoms with Crippen LogP contribution in [0, 0.1) is 3.57 Å². The van der Waals surface area contributed by atoms with Gasteiger partial charge in [-0.15, -0.1) is 0 Å². The summed E-state index contributed by atoms with van der Waals surface area (Å²) in [7, 11) is 0. The molecule has 2 rings (SSSR count). The van der Waals surface area contributed by atoms with E-state index in [9.17, 15) is 0 Å². The van der Waals surface area contributed by atoms with Crippen molar-refractivity contribution in [1.82, 2.24) is 0 Å². The van der Waals surface area contributed by atoms with Gasteiger partial charge in [0.15, 0.2) is 0 Å². The summed E-state index contributed by atoms with van der Waals surface area (Å²) in [6.45, 7) is 2.10. The second-order valence-corrected chi connectivity index (χ2v) is 6.79. The van der Waals surface area contributed by atoms with E-state index in [-0.39, 0.29) is 6.04 Å². The van der Waals surface area contributed by atoms with E-state index >= 15 is 0 Å². The lowest BCUT2D eigenvalue weighted by Gasteiger charge is -2.12. The highest BCUT2D eigenvalue weighted by Crippen LogP contribution is 2.28. The van der Waals surface area contributed by atoms with Crippen molar-refractivity contribution in [1.29, 1.82) is 0 Å². The minimum atomic E-state index is 0.203. The van der Waals surface area contributed by atoms with Gasteiger partial charge in [0.1, 0.15) is 11.5 Å². The molecule has 0 saturated heterocycles. The molecule has 1 atom stereocenters. The molecule has 2 nitrogen and oxygen atoms in total. The first-order valence-electron chi connectivity index (χ1n) is 6.56. The number of hydrogen-bond acceptors (Lipinski definition) is 2. The molecule has 0 saturated carbocycles. The van der Waals surface area contributed by atoms with E-state index in [1.54, 1.807) is 0 Å². The SMILES string of the molecule is CCC(N)Cc1ccc(Oc2cccc(I)c2)cc1Br. The van der Waals surface area contributed by atoms with Crippen LogP contribution in [0.4, 0.5) is 0 Å². The summed E-state index contributed by atoms with van der Waals surface area (Å²) in [5, 5.41) is 0. The summed E-state index contributed by atoms with van der Waals surface area (Å²) in [6.07, 6.45) is 1.85. The van der Waals surface area contributed by atoms with Crippen LogP contribution in [0.25, 0.3) is 0 Å². The first kappa shape index (κ1) is 15.8. The fourth-order valence-corrected chi connectivity index (χ4v) is 2.88. The number of benzene rings is 2. The average Bonchev–Trinajstić information content (AvgIpc) is 2.41. The predicted molar refractivity (Wildman–Crippen MR) is 95.3 cm³/mol. The first-order chi connectivity index (χ1) is 9.58. The average molecular weight is 446 g/mol. The van der Waals surface area contributed by atoms with E-state index in [4.69, 9.17) is 10.5 Å².